The van der Waals surface area contributed by atoms with Crippen molar-refractivity contribution >= 4 is 0 Å². The summed E-state index contributed by atoms with van der Waals surface area (Å²) in [4.78, 5) is 2.67. The molecule has 0 aromatic heterocycles. The third-order valence-corrected chi connectivity index (χ3v) is 4.56. The lowest BCUT2D eigenvalue weighted by Gasteiger charge is -2.54. The Morgan fingerprint density at radius 3 is 2.59 bits per heavy atom. The molecule has 1 unspecified atom stereocenters. The monoisotopic (exact) mass is 240 g/mol. The summed E-state index contributed by atoms with van der Waals surface area (Å²) >= 11 is 0. The van der Waals surface area contributed by atoms with E-state index >= 15 is 0 Å². The van der Waals surface area contributed by atoms with E-state index in [1.165, 1.54) is 25.7 Å². The van der Waals surface area contributed by atoms with Crippen LogP contribution in [-0.4, -0.2) is 42.3 Å². The van der Waals surface area contributed by atoms with Gasteiger partial charge < -0.3 is 10.5 Å². The second-order valence-corrected chi connectivity index (χ2v) is 6.35. The van der Waals surface area contributed by atoms with E-state index < -0.39 is 0 Å². The number of nitrogens with two attached hydrogens (primary N) is 1. The summed E-state index contributed by atoms with van der Waals surface area (Å²) < 4.78 is 5.65. The lowest BCUT2D eigenvalue weighted by molar-refractivity contribution is -0.113. The average molecular weight is 240 g/mol. The van der Waals surface area contributed by atoms with E-state index in [0.29, 0.717) is 0 Å². The van der Waals surface area contributed by atoms with Crippen molar-refractivity contribution in [2.45, 2.75) is 57.5 Å². The molecule has 1 saturated carbocycles. The quantitative estimate of drug-likeness (QED) is 0.799. The molecule has 1 heterocycles. The van der Waals surface area contributed by atoms with Crippen molar-refractivity contribution in [3.63, 3.8) is 0 Å². The SMILES string of the molecule is CCCC(CN)(C1CC1)N1CCOCC1(C)C. The van der Waals surface area contributed by atoms with Gasteiger partial charge in [0.05, 0.1) is 13.2 Å². The van der Waals surface area contributed by atoms with Crippen LogP contribution >= 0.6 is 0 Å². The predicted molar refractivity (Wildman–Crippen MR) is 71.0 cm³/mol. The first-order valence-corrected chi connectivity index (χ1v) is 7.12. The number of ether oxygens (including phenoxy) is 1. The molecule has 3 nitrogen and oxygen atoms in total. The second kappa shape index (κ2) is 4.87. The van der Waals surface area contributed by atoms with Crippen LogP contribution in [0.2, 0.25) is 0 Å². The van der Waals surface area contributed by atoms with Gasteiger partial charge in [-0.05, 0) is 39.0 Å². The fourth-order valence-electron chi connectivity index (χ4n) is 3.68. The van der Waals surface area contributed by atoms with Crippen LogP contribution in [0.1, 0.15) is 46.5 Å². The van der Waals surface area contributed by atoms with Crippen LogP contribution in [0.3, 0.4) is 0 Å². The molecule has 0 radical (unpaired) electrons. The summed E-state index contributed by atoms with van der Waals surface area (Å²) in [6.45, 7) is 10.4. The highest BCUT2D eigenvalue weighted by Gasteiger charge is 2.52. The average Bonchev–Trinajstić information content (AvgIpc) is 3.10. The minimum Gasteiger partial charge on any atom is -0.378 e. The molecule has 2 aliphatic rings. The molecule has 17 heavy (non-hydrogen) atoms. The number of hydrogen-bond donors (Lipinski definition) is 1. The van der Waals surface area contributed by atoms with E-state index in [9.17, 15) is 0 Å². The van der Waals surface area contributed by atoms with Crippen molar-refractivity contribution in [1.29, 1.82) is 0 Å². The Hall–Kier alpha value is -0.120. The standard InChI is InChI=1S/C14H28N2O/c1-4-7-14(10-15,12-5-6-12)16-8-9-17-11-13(16,2)3/h12H,4-11,15H2,1-3H3. The zero-order valence-electron chi connectivity index (χ0n) is 11.7. The third-order valence-electron chi connectivity index (χ3n) is 4.56. The molecule has 2 fully saturated rings. The predicted octanol–water partition coefficient (Wildman–Crippen LogP) is 2.00. The lowest BCUT2D eigenvalue weighted by atomic mass is 9.81. The van der Waals surface area contributed by atoms with Gasteiger partial charge in [-0.2, -0.15) is 0 Å². The van der Waals surface area contributed by atoms with Gasteiger partial charge in [0, 0.05) is 24.2 Å². The van der Waals surface area contributed by atoms with Gasteiger partial charge in [-0.25, -0.2) is 0 Å². The highest BCUT2D eigenvalue weighted by Crippen LogP contribution is 2.48. The van der Waals surface area contributed by atoms with E-state index in [2.05, 4.69) is 25.7 Å². The van der Waals surface area contributed by atoms with E-state index in [1.807, 2.05) is 0 Å². The molecule has 0 spiro atoms. The smallest absolute Gasteiger partial charge is 0.0645 e. The Labute approximate surface area is 106 Å². The first-order valence-electron chi connectivity index (χ1n) is 7.12. The molecule has 100 valence electrons. The van der Waals surface area contributed by atoms with Gasteiger partial charge in [-0.15, -0.1) is 0 Å². The van der Waals surface area contributed by atoms with Crippen LogP contribution in [0.15, 0.2) is 0 Å². The van der Waals surface area contributed by atoms with Crippen LogP contribution in [0, 0.1) is 5.92 Å². The Balaban J connectivity index is 2.24. The molecule has 0 bridgehead atoms. The van der Waals surface area contributed by atoms with Crippen molar-refractivity contribution in [3.05, 3.63) is 0 Å². The van der Waals surface area contributed by atoms with Crippen LogP contribution in [-0.2, 0) is 4.74 Å². The largest absolute Gasteiger partial charge is 0.378 e. The summed E-state index contributed by atoms with van der Waals surface area (Å²) in [5.74, 6) is 0.824. The molecule has 1 aliphatic carbocycles. The van der Waals surface area contributed by atoms with Crippen LogP contribution in [0.25, 0.3) is 0 Å². The van der Waals surface area contributed by atoms with Gasteiger partial charge in [0.1, 0.15) is 0 Å². The van der Waals surface area contributed by atoms with Crippen molar-refractivity contribution in [1.82, 2.24) is 4.90 Å². The molecule has 2 N–H and O–H groups in total. The van der Waals surface area contributed by atoms with Crippen molar-refractivity contribution in [2.24, 2.45) is 11.7 Å². The van der Waals surface area contributed by atoms with E-state index in [4.69, 9.17) is 10.5 Å². The Morgan fingerprint density at radius 2 is 2.12 bits per heavy atom. The van der Waals surface area contributed by atoms with Crippen LogP contribution in [0.5, 0.6) is 0 Å². The zero-order valence-corrected chi connectivity index (χ0v) is 11.7. The van der Waals surface area contributed by atoms with Gasteiger partial charge in [0.15, 0.2) is 0 Å². The van der Waals surface area contributed by atoms with Gasteiger partial charge in [0.2, 0.25) is 0 Å². The van der Waals surface area contributed by atoms with Crippen molar-refractivity contribution < 1.29 is 4.74 Å². The highest BCUT2D eigenvalue weighted by molar-refractivity contribution is 5.07. The summed E-state index contributed by atoms with van der Waals surface area (Å²) in [6.07, 6.45) is 5.19. The first-order chi connectivity index (χ1) is 8.07. The topological polar surface area (TPSA) is 38.5 Å². The maximum atomic E-state index is 6.20. The molecule has 1 aliphatic heterocycles. The molecule has 0 aromatic carbocycles. The van der Waals surface area contributed by atoms with E-state index in [-0.39, 0.29) is 11.1 Å². The summed E-state index contributed by atoms with van der Waals surface area (Å²) in [5.41, 5.74) is 6.58. The molecule has 2 rings (SSSR count). The molecular weight excluding hydrogens is 212 g/mol. The summed E-state index contributed by atoms with van der Waals surface area (Å²) in [5, 5.41) is 0. The fourth-order valence-corrected chi connectivity index (χ4v) is 3.68. The maximum absolute atomic E-state index is 6.20. The number of hydrogen-bond acceptors (Lipinski definition) is 3. The Bertz CT molecular complexity index is 263. The van der Waals surface area contributed by atoms with Crippen molar-refractivity contribution in [2.75, 3.05) is 26.3 Å². The minimum absolute atomic E-state index is 0.134. The second-order valence-electron chi connectivity index (χ2n) is 6.35. The molecule has 0 amide bonds. The minimum atomic E-state index is 0.134. The van der Waals surface area contributed by atoms with E-state index in [0.717, 1.165) is 32.2 Å². The zero-order chi connectivity index (χ0) is 12.5. The third kappa shape index (κ3) is 2.38. The number of rotatable bonds is 5. The normalized spacial score (nSPS) is 28.9. The maximum Gasteiger partial charge on any atom is 0.0645 e. The summed E-state index contributed by atoms with van der Waals surface area (Å²) in [7, 11) is 0. The highest BCUT2D eigenvalue weighted by atomic mass is 16.5. The fraction of sp³-hybridized carbons (Fsp3) is 1.00. The Kier molecular flexibility index (Phi) is 3.81. The molecule has 1 atom stereocenters. The van der Waals surface area contributed by atoms with Crippen LogP contribution in [0.4, 0.5) is 0 Å². The van der Waals surface area contributed by atoms with Gasteiger partial charge in [-0.1, -0.05) is 13.3 Å². The van der Waals surface area contributed by atoms with E-state index in [1.54, 1.807) is 0 Å². The molecule has 1 saturated heterocycles. The summed E-state index contributed by atoms with van der Waals surface area (Å²) in [6, 6.07) is 0. The Morgan fingerprint density at radius 1 is 1.41 bits per heavy atom. The first kappa shape index (κ1) is 13.3. The van der Waals surface area contributed by atoms with Crippen molar-refractivity contribution in [3.8, 4) is 0 Å². The molecule has 3 heteroatoms. The van der Waals surface area contributed by atoms with Gasteiger partial charge in [-0.3, -0.25) is 4.90 Å². The number of nitrogens with zero attached hydrogens (tertiary/aromatic N) is 1. The molecular formula is C14H28N2O. The van der Waals surface area contributed by atoms with Crippen LogP contribution < -0.4 is 5.73 Å². The lowest BCUT2D eigenvalue weighted by Crippen LogP contribution is -2.67. The van der Waals surface area contributed by atoms with Gasteiger partial charge in [0.25, 0.3) is 0 Å². The van der Waals surface area contributed by atoms with Gasteiger partial charge >= 0.3 is 0 Å². The number of morpholine rings is 1. The molecule has 0 aromatic rings.